The van der Waals surface area contributed by atoms with E-state index in [0.717, 1.165) is 24.8 Å². The number of aromatic nitrogens is 3. The summed E-state index contributed by atoms with van der Waals surface area (Å²) in [7, 11) is 0. The van der Waals surface area contributed by atoms with Crippen LogP contribution in [0.5, 0.6) is 0 Å². The van der Waals surface area contributed by atoms with Crippen LogP contribution in [0.3, 0.4) is 0 Å². The van der Waals surface area contributed by atoms with Crippen LogP contribution in [0.15, 0.2) is 12.7 Å². The summed E-state index contributed by atoms with van der Waals surface area (Å²) in [6, 6.07) is 0. The van der Waals surface area contributed by atoms with Gasteiger partial charge in [-0.05, 0) is 12.8 Å². The molecule has 1 saturated carbocycles. The fourth-order valence-electron chi connectivity index (χ4n) is 1.45. The monoisotopic (exact) mass is 177 g/mol. The fourth-order valence-corrected chi connectivity index (χ4v) is 1.45. The number of hydrogen-bond acceptors (Lipinski definition) is 3. The summed E-state index contributed by atoms with van der Waals surface area (Å²) in [6.07, 6.45) is 4.83. The van der Waals surface area contributed by atoms with E-state index in [4.69, 9.17) is 0 Å². The molecule has 0 radical (unpaired) electrons. The molecule has 1 aromatic rings. The lowest BCUT2D eigenvalue weighted by molar-refractivity contribution is 0.111. The Morgan fingerprint density at radius 3 is 2.92 bits per heavy atom. The average Bonchev–Trinajstić information content (AvgIpc) is 2.89. The van der Waals surface area contributed by atoms with E-state index >= 15 is 0 Å². The Hall–Kier alpha value is -1.45. The molecule has 0 amide bonds. The molecule has 1 heterocycles. The minimum absolute atomic E-state index is 0.490. The molecule has 1 aliphatic rings. The smallest absolute Gasteiger partial charge is 0.172 e. The van der Waals surface area contributed by atoms with E-state index in [-0.39, 0.29) is 0 Å². The third-order valence-electron chi connectivity index (χ3n) is 2.18. The molecule has 0 N–H and O–H groups in total. The lowest BCUT2D eigenvalue weighted by Crippen LogP contribution is -2.03. The standard InChI is InChI=1S/C9H11N3O/c1-2-5-12-9(7-3-4-7)8(6-13)10-11-12/h2,6-7H,1,3-5H2. The van der Waals surface area contributed by atoms with Crippen molar-refractivity contribution in [2.75, 3.05) is 0 Å². The molecule has 0 aliphatic heterocycles. The second-order valence-electron chi connectivity index (χ2n) is 3.22. The Labute approximate surface area is 76.2 Å². The average molecular weight is 177 g/mol. The zero-order valence-electron chi connectivity index (χ0n) is 7.31. The van der Waals surface area contributed by atoms with Gasteiger partial charge in [0.25, 0.3) is 0 Å². The third kappa shape index (κ3) is 1.39. The van der Waals surface area contributed by atoms with Crippen molar-refractivity contribution in [2.24, 2.45) is 0 Å². The van der Waals surface area contributed by atoms with Gasteiger partial charge in [-0.1, -0.05) is 11.3 Å². The van der Waals surface area contributed by atoms with Crippen molar-refractivity contribution in [2.45, 2.75) is 25.3 Å². The first-order valence-electron chi connectivity index (χ1n) is 4.36. The highest BCUT2D eigenvalue weighted by Crippen LogP contribution is 2.40. The first-order valence-corrected chi connectivity index (χ1v) is 4.36. The summed E-state index contributed by atoms with van der Waals surface area (Å²) in [5.74, 6) is 0.496. The number of carbonyl (C=O) groups excluding carboxylic acids is 1. The summed E-state index contributed by atoms with van der Waals surface area (Å²) in [5, 5.41) is 7.71. The summed E-state index contributed by atoms with van der Waals surface area (Å²) in [6.45, 7) is 4.27. The van der Waals surface area contributed by atoms with E-state index in [1.165, 1.54) is 0 Å². The summed E-state index contributed by atoms with van der Waals surface area (Å²) < 4.78 is 1.76. The van der Waals surface area contributed by atoms with Gasteiger partial charge >= 0.3 is 0 Å². The Morgan fingerprint density at radius 1 is 1.62 bits per heavy atom. The van der Waals surface area contributed by atoms with Crippen LogP contribution in [0.1, 0.15) is 34.9 Å². The molecule has 0 unspecified atom stereocenters. The highest BCUT2D eigenvalue weighted by Gasteiger charge is 2.30. The Kier molecular flexibility index (Phi) is 1.96. The van der Waals surface area contributed by atoms with Crippen LogP contribution in [-0.2, 0) is 6.54 Å². The molecule has 1 aliphatic carbocycles. The van der Waals surface area contributed by atoms with Gasteiger partial charge < -0.3 is 0 Å². The maximum Gasteiger partial charge on any atom is 0.172 e. The van der Waals surface area contributed by atoms with Crippen LogP contribution in [-0.4, -0.2) is 21.3 Å². The number of rotatable bonds is 4. The first kappa shape index (κ1) is 8.16. The van der Waals surface area contributed by atoms with Crippen molar-refractivity contribution in [3.63, 3.8) is 0 Å². The normalized spacial score (nSPS) is 15.7. The molecule has 0 spiro atoms. The third-order valence-corrected chi connectivity index (χ3v) is 2.18. The van der Waals surface area contributed by atoms with Crippen molar-refractivity contribution in [1.29, 1.82) is 0 Å². The van der Waals surface area contributed by atoms with Crippen molar-refractivity contribution in [3.8, 4) is 0 Å². The number of allylic oxidation sites excluding steroid dienone is 1. The van der Waals surface area contributed by atoms with E-state index in [9.17, 15) is 4.79 Å². The Bertz CT molecular complexity index is 339. The topological polar surface area (TPSA) is 47.8 Å². The molecule has 1 aromatic heterocycles. The van der Waals surface area contributed by atoms with Crippen LogP contribution in [0.25, 0.3) is 0 Å². The van der Waals surface area contributed by atoms with Gasteiger partial charge in [0.1, 0.15) is 5.69 Å². The van der Waals surface area contributed by atoms with Crippen LogP contribution >= 0.6 is 0 Å². The molecule has 1 fully saturated rings. The zero-order chi connectivity index (χ0) is 9.26. The van der Waals surface area contributed by atoms with E-state index in [0.29, 0.717) is 18.2 Å². The predicted octanol–water partition coefficient (Wildman–Crippen LogP) is 1.15. The van der Waals surface area contributed by atoms with E-state index in [1.807, 2.05) is 0 Å². The molecular formula is C9H11N3O. The fraction of sp³-hybridized carbons (Fsp3) is 0.444. The number of carbonyl (C=O) groups is 1. The summed E-state index contributed by atoms with van der Waals surface area (Å²) in [5.41, 5.74) is 1.47. The minimum atomic E-state index is 0.490. The molecule has 0 aromatic carbocycles. The summed E-state index contributed by atoms with van der Waals surface area (Å²) in [4.78, 5) is 10.6. The molecule has 2 rings (SSSR count). The van der Waals surface area contributed by atoms with Gasteiger partial charge in [-0.2, -0.15) is 0 Å². The van der Waals surface area contributed by atoms with E-state index in [1.54, 1.807) is 10.8 Å². The second-order valence-corrected chi connectivity index (χ2v) is 3.22. The maximum atomic E-state index is 10.6. The molecule has 0 atom stereocenters. The highest BCUT2D eigenvalue weighted by molar-refractivity contribution is 5.73. The first-order chi connectivity index (χ1) is 6.36. The lowest BCUT2D eigenvalue weighted by atomic mass is 10.2. The van der Waals surface area contributed by atoms with Crippen LogP contribution in [0.2, 0.25) is 0 Å². The molecule has 4 heteroatoms. The Morgan fingerprint density at radius 2 is 2.38 bits per heavy atom. The van der Waals surface area contributed by atoms with Gasteiger partial charge in [-0.15, -0.1) is 11.7 Å². The molecule has 13 heavy (non-hydrogen) atoms. The van der Waals surface area contributed by atoms with Gasteiger partial charge in [0, 0.05) is 5.92 Å². The largest absolute Gasteiger partial charge is 0.296 e. The van der Waals surface area contributed by atoms with Crippen molar-refractivity contribution in [1.82, 2.24) is 15.0 Å². The minimum Gasteiger partial charge on any atom is -0.296 e. The van der Waals surface area contributed by atoms with Crippen LogP contribution < -0.4 is 0 Å². The van der Waals surface area contributed by atoms with Gasteiger partial charge in [-0.3, -0.25) is 4.79 Å². The molecule has 68 valence electrons. The molecule has 0 bridgehead atoms. The van der Waals surface area contributed by atoms with Gasteiger partial charge in [-0.25, -0.2) is 4.68 Å². The number of hydrogen-bond donors (Lipinski definition) is 0. The zero-order valence-corrected chi connectivity index (χ0v) is 7.31. The number of aldehydes is 1. The molecule has 4 nitrogen and oxygen atoms in total. The van der Waals surface area contributed by atoms with Crippen molar-refractivity contribution < 1.29 is 4.79 Å². The SMILES string of the molecule is C=CCn1nnc(C=O)c1C1CC1. The maximum absolute atomic E-state index is 10.6. The van der Waals surface area contributed by atoms with Crippen LogP contribution in [0.4, 0.5) is 0 Å². The van der Waals surface area contributed by atoms with Crippen molar-refractivity contribution in [3.05, 3.63) is 24.0 Å². The van der Waals surface area contributed by atoms with Gasteiger partial charge in [0.2, 0.25) is 0 Å². The van der Waals surface area contributed by atoms with Gasteiger partial charge in [0.05, 0.1) is 12.2 Å². The second kappa shape index (κ2) is 3.12. The lowest BCUT2D eigenvalue weighted by Gasteiger charge is -2.00. The highest BCUT2D eigenvalue weighted by atomic mass is 16.1. The number of nitrogens with zero attached hydrogens (tertiary/aromatic N) is 3. The van der Waals surface area contributed by atoms with E-state index in [2.05, 4.69) is 16.9 Å². The predicted molar refractivity (Wildman–Crippen MR) is 47.6 cm³/mol. The Balaban J connectivity index is 2.37. The van der Waals surface area contributed by atoms with Crippen molar-refractivity contribution >= 4 is 6.29 Å². The summed E-state index contributed by atoms with van der Waals surface area (Å²) >= 11 is 0. The van der Waals surface area contributed by atoms with Gasteiger partial charge in [0.15, 0.2) is 6.29 Å². The van der Waals surface area contributed by atoms with Crippen LogP contribution in [0, 0.1) is 0 Å². The van der Waals surface area contributed by atoms with E-state index < -0.39 is 0 Å². The molecule has 0 saturated heterocycles. The molecular weight excluding hydrogens is 166 g/mol. The quantitative estimate of drug-likeness (QED) is 0.512.